The molecule has 3 N–H and O–H groups in total. The number of hydrogen-bond donors (Lipinski definition) is 2. The Kier molecular flexibility index (Phi) is 30.6. The number of fused-ring (bicyclic) bond motifs is 3. The quantitative estimate of drug-likeness (QED) is 0.0501. The van der Waals surface area contributed by atoms with Crippen LogP contribution < -0.4 is 25.8 Å². The fourth-order valence-corrected chi connectivity index (χ4v) is 12.2. The maximum absolute atomic E-state index is 11.6. The van der Waals surface area contributed by atoms with Gasteiger partial charge in [0.2, 0.25) is 23.0 Å². The maximum Gasteiger partial charge on any atom is 0.229 e. The summed E-state index contributed by atoms with van der Waals surface area (Å²) < 4.78 is 0. The Morgan fingerprint density at radius 1 is 0.554 bits per heavy atom. The molecule has 0 aromatic carbocycles. The van der Waals surface area contributed by atoms with E-state index in [2.05, 4.69) is 126 Å². The molecule has 0 bridgehead atoms. The van der Waals surface area contributed by atoms with E-state index in [1.807, 2.05) is 97.1 Å². The summed E-state index contributed by atoms with van der Waals surface area (Å²) in [5.74, 6) is 3.19. The van der Waals surface area contributed by atoms with Crippen molar-refractivity contribution in [2.45, 2.75) is 132 Å². The number of nitrogens with zero attached hydrogens (tertiary/aromatic N) is 15. The zero-order valence-electron chi connectivity index (χ0n) is 58.3. The lowest BCUT2D eigenvalue weighted by Gasteiger charge is -2.35. The predicted octanol–water partition coefficient (Wildman–Crippen LogP) is 10.2. The molecule has 3 atom stereocenters. The Balaban J connectivity index is 0.000000193. The molecule has 506 valence electrons. The van der Waals surface area contributed by atoms with Crippen LogP contribution >= 0.6 is 58.2 Å². The van der Waals surface area contributed by atoms with Crippen LogP contribution in [-0.4, -0.2) is 170 Å². The average Bonchev–Trinajstić information content (AvgIpc) is 0.791. The van der Waals surface area contributed by atoms with Gasteiger partial charge in [-0.2, -0.15) is 7.06 Å². The number of amides is 1. The van der Waals surface area contributed by atoms with Gasteiger partial charge in [0.15, 0.2) is 5.16 Å². The van der Waals surface area contributed by atoms with Crippen LogP contribution in [0, 0.1) is 41.5 Å². The van der Waals surface area contributed by atoms with E-state index in [1.165, 1.54) is 7.06 Å². The highest BCUT2D eigenvalue weighted by atomic mass is 35.5. The highest BCUT2D eigenvalue weighted by molar-refractivity contribution is 7.98. The molecule has 12 rings (SSSR count). The minimum absolute atomic E-state index is 0.0354. The molecule has 0 saturated carbocycles. The highest BCUT2D eigenvalue weighted by Gasteiger charge is 2.31. The van der Waals surface area contributed by atoms with Crippen molar-refractivity contribution in [2.24, 2.45) is 0 Å². The molecular weight excluding hydrogens is 1360 g/mol. The lowest BCUT2D eigenvalue weighted by atomic mass is 8.97. The Morgan fingerprint density at radius 2 is 0.901 bits per heavy atom. The van der Waals surface area contributed by atoms with E-state index in [1.54, 1.807) is 50.4 Å². The van der Waals surface area contributed by atoms with E-state index in [4.69, 9.17) is 90.8 Å². The van der Waals surface area contributed by atoms with Gasteiger partial charge in [0.05, 0.1) is 67.4 Å². The SMILES string of the molecule is CCC(=O)Cl.CCC(=O)Nc1ncc2c(n1)CCN(c1cc(-c3ncc(C)cc3C)c(Cl)cn1)[C@@H]2C.CSc1ncc2c(n1)CCN(c1cc(-c3ncc(C)cc3C)c(Cl)cn1)[C@@H]2C.Cc1cnc(-c2cc(N3CCc4nc(N)ncc4[C@H]3C)ncc2Cl)c(C)c1.[B]B([B])[B][BH3-].[B][B]B([B])[B]. The molecule has 34 heteroatoms. The first kappa shape index (κ1) is 80.9. The van der Waals surface area contributed by atoms with Crippen molar-refractivity contribution in [3.05, 3.63) is 174 Å². The minimum Gasteiger partial charge on any atom is -0.368 e. The number of aryl methyl sites for hydroxylation is 6. The summed E-state index contributed by atoms with van der Waals surface area (Å²) in [7, 11) is 28.3. The van der Waals surface area contributed by atoms with E-state index in [-0.39, 0.29) is 35.7 Å². The molecule has 3 aliphatic heterocycles. The van der Waals surface area contributed by atoms with Gasteiger partial charge in [-0.25, -0.2) is 44.9 Å². The molecule has 19 nitrogen and oxygen atoms in total. The van der Waals surface area contributed by atoms with Gasteiger partial charge in [-0.05, 0) is 154 Å². The normalized spacial score (nSPS) is 14.6. The summed E-state index contributed by atoms with van der Waals surface area (Å²) in [6, 6.07) is 12.7. The zero-order chi connectivity index (χ0) is 73.9. The number of rotatable bonds is 12. The average molecular weight is 1430 g/mol. The minimum atomic E-state index is -0.463. The molecule has 0 aliphatic carbocycles. The second kappa shape index (κ2) is 38.2. The van der Waals surface area contributed by atoms with Crippen LogP contribution in [0.25, 0.3) is 33.8 Å². The molecule has 1 amide bonds. The van der Waals surface area contributed by atoms with Crippen LogP contribution in [0.4, 0.5) is 29.4 Å². The maximum atomic E-state index is 11.6. The number of nitrogens with one attached hydrogen (secondary N) is 1. The van der Waals surface area contributed by atoms with Gasteiger partial charge in [0.1, 0.15) is 17.5 Å². The third kappa shape index (κ3) is 21.8. The summed E-state index contributed by atoms with van der Waals surface area (Å²) in [6.45, 7) is 24.6. The van der Waals surface area contributed by atoms with E-state index in [0.29, 0.717) is 47.5 Å². The molecule has 0 unspecified atom stereocenters. The molecule has 3 aliphatic rings. The van der Waals surface area contributed by atoms with Gasteiger partial charge in [0, 0.05) is 178 Å². The van der Waals surface area contributed by atoms with Crippen molar-refractivity contribution in [3.8, 4) is 33.8 Å². The number of aromatic nitrogens is 12. The summed E-state index contributed by atoms with van der Waals surface area (Å²) in [4.78, 5) is 82.2. The van der Waals surface area contributed by atoms with E-state index < -0.39 is 6.39 Å². The number of pyridine rings is 6. The van der Waals surface area contributed by atoms with E-state index >= 15 is 0 Å². The van der Waals surface area contributed by atoms with Crippen LogP contribution in [-0.2, 0) is 28.9 Å². The van der Waals surface area contributed by atoms with Crippen molar-refractivity contribution >= 4 is 172 Å². The fraction of sp³-hybridized carbons (Fsp3) is 0.343. The molecule has 0 saturated heterocycles. The van der Waals surface area contributed by atoms with E-state index in [9.17, 15) is 9.59 Å². The first-order chi connectivity index (χ1) is 48.1. The third-order valence-electron chi connectivity index (χ3n) is 16.3. The summed E-state index contributed by atoms with van der Waals surface area (Å²) in [5, 5.41) is 5.07. The molecule has 12 heterocycles. The van der Waals surface area contributed by atoms with Gasteiger partial charge in [-0.1, -0.05) is 86.3 Å². The van der Waals surface area contributed by atoms with Crippen molar-refractivity contribution in [3.63, 3.8) is 0 Å². The summed E-state index contributed by atoms with van der Waals surface area (Å²) in [5.41, 5.74) is 24.1. The Bertz CT molecular complexity index is 4350. The van der Waals surface area contributed by atoms with Crippen LogP contribution in [0.2, 0.25) is 15.1 Å². The van der Waals surface area contributed by atoms with Gasteiger partial charge in [-0.15, -0.1) is 0 Å². The fourth-order valence-electron chi connectivity index (χ4n) is 11.3. The van der Waals surface area contributed by atoms with Crippen molar-refractivity contribution in [1.29, 1.82) is 0 Å². The van der Waals surface area contributed by atoms with Gasteiger partial charge in [-0.3, -0.25) is 29.9 Å². The summed E-state index contributed by atoms with van der Waals surface area (Å²) >= 11 is 25.8. The molecule has 0 spiro atoms. The van der Waals surface area contributed by atoms with Crippen LogP contribution in [0.5, 0.6) is 0 Å². The number of carbonyl (C=O) groups is 2. The Hall–Kier alpha value is -7.36. The lowest BCUT2D eigenvalue weighted by Crippen LogP contribution is -2.35. The standard InChI is InChI=1S/C23H25ClN6O.C21H22ClN5S.C20H21ClN6.C3H5ClO.B5H3.B5/c1-5-21(31)29-23-27-11-17-15(4)30(7-6-19(17)28-23)20-9-16(18(24)12-25-20)22-14(3)8-13(2)10-26-22;1-12-7-13(2)20(24-9-12)15-8-19(23-11-17(15)22)27-6-5-18-16(14(27)3)10-25-21(26-18)28-4;1-11-6-12(2)19(24-8-11)14-7-18(23-10-16(14)21)27-5-4-17-15(13(27)3)9-25-20(22)26-17;1-2-3(4)5;2*1-4-5(2)3/h8-12,15H,5-7H2,1-4H3,(H,27,28,29,31);7-11,14H,5-6H2,1-4H3;6-10,13H,4-5H2,1-3H3,(H2,22,25,26);2H2,1H3;1H3;/q;;;;-1;/t15-;14-;13-;;;/m111.../s1. The van der Waals surface area contributed by atoms with Crippen LogP contribution in [0.15, 0.2) is 97.3 Å². The first-order valence-corrected chi connectivity index (χ1v) is 35.0. The van der Waals surface area contributed by atoms with Crippen molar-refractivity contribution in [1.82, 2.24) is 59.8 Å². The second-order valence-corrected chi connectivity index (χ2v) is 26.3. The Labute approximate surface area is 628 Å². The third-order valence-corrected chi connectivity index (χ3v) is 18.0. The number of anilines is 5. The van der Waals surface area contributed by atoms with Gasteiger partial charge >= 0.3 is 0 Å². The van der Waals surface area contributed by atoms with Gasteiger partial charge in [0.25, 0.3) is 0 Å². The highest BCUT2D eigenvalue weighted by Crippen LogP contribution is 2.40. The van der Waals surface area contributed by atoms with Crippen molar-refractivity contribution in [2.75, 3.05) is 51.6 Å². The molecule has 101 heavy (non-hydrogen) atoms. The first-order valence-electron chi connectivity index (χ1n) is 32.3. The number of nitrogen functional groups attached to an aromatic ring is 1. The summed E-state index contributed by atoms with van der Waals surface area (Å²) in [6.07, 6.45) is 20.9. The van der Waals surface area contributed by atoms with Crippen LogP contribution in [0.3, 0.4) is 0 Å². The number of halogens is 4. The topological polar surface area (TPSA) is 237 Å². The molecule has 0 fully saturated rings. The van der Waals surface area contributed by atoms with Gasteiger partial charge < -0.3 is 20.4 Å². The largest absolute Gasteiger partial charge is 0.368 e. The molecule has 9 aromatic rings. The molecule has 9 aromatic heterocycles. The number of thioether (sulfide) groups is 1. The lowest BCUT2D eigenvalue weighted by molar-refractivity contribution is -0.116. The second-order valence-electron chi connectivity index (χ2n) is 23.9. The predicted molar refractivity (Wildman–Crippen MR) is 428 cm³/mol. The van der Waals surface area contributed by atoms with Crippen LogP contribution in [0.1, 0.15) is 133 Å². The smallest absolute Gasteiger partial charge is 0.229 e. The number of hydrogen-bond acceptors (Lipinski definition) is 19. The van der Waals surface area contributed by atoms with Crippen molar-refractivity contribution < 1.29 is 9.59 Å². The number of carbonyl (C=O) groups excluding carboxylic acids is 2. The Morgan fingerprint density at radius 3 is 1.23 bits per heavy atom. The monoisotopic (exact) mass is 1430 g/mol. The zero-order valence-corrected chi connectivity index (χ0v) is 62.1. The molecular formula is C67H76B10Cl4N17O2S-. The van der Waals surface area contributed by atoms with E-state index in [0.717, 1.165) is 162 Å². The number of nitrogens with two attached hydrogens (primary N) is 1. The molecule has 12 radical (unpaired) electrons.